The Balaban J connectivity index is 2.71. The van der Waals surface area contributed by atoms with Gasteiger partial charge in [-0.15, -0.1) is 11.3 Å². The third kappa shape index (κ3) is 3.56. The Morgan fingerprint density at radius 1 is 1.38 bits per heavy atom. The molecular formula is C13H24N2S. The molecule has 1 atom stereocenters. The summed E-state index contributed by atoms with van der Waals surface area (Å²) in [6.45, 7) is 14.2. The van der Waals surface area contributed by atoms with Crippen LogP contribution in [-0.2, 0) is 12.0 Å². The summed E-state index contributed by atoms with van der Waals surface area (Å²) in [6.07, 6.45) is 1.17. The Morgan fingerprint density at radius 2 is 2.00 bits per heavy atom. The van der Waals surface area contributed by atoms with Gasteiger partial charge < -0.3 is 5.32 Å². The SMILES string of the molecule is CCC(C)NCc1sc(C(C)(C)C)nc1C. The van der Waals surface area contributed by atoms with Crippen LogP contribution < -0.4 is 5.32 Å². The number of hydrogen-bond donors (Lipinski definition) is 1. The first-order valence-corrected chi connectivity index (χ1v) is 6.86. The molecule has 0 saturated carbocycles. The van der Waals surface area contributed by atoms with Crippen molar-refractivity contribution in [3.05, 3.63) is 15.6 Å². The molecule has 92 valence electrons. The third-order valence-corrected chi connectivity index (χ3v) is 4.34. The average molecular weight is 240 g/mol. The number of aromatic nitrogens is 1. The molecule has 1 aromatic rings. The molecule has 1 rings (SSSR count). The van der Waals surface area contributed by atoms with E-state index in [0.717, 1.165) is 6.54 Å². The van der Waals surface area contributed by atoms with E-state index in [9.17, 15) is 0 Å². The minimum Gasteiger partial charge on any atom is -0.309 e. The van der Waals surface area contributed by atoms with Crippen LogP contribution in [0.2, 0.25) is 0 Å². The van der Waals surface area contributed by atoms with E-state index < -0.39 is 0 Å². The van der Waals surface area contributed by atoms with Crippen molar-refractivity contribution >= 4 is 11.3 Å². The van der Waals surface area contributed by atoms with Crippen molar-refractivity contribution in [2.45, 2.75) is 66.0 Å². The summed E-state index contributed by atoms with van der Waals surface area (Å²) in [5.41, 5.74) is 1.36. The summed E-state index contributed by atoms with van der Waals surface area (Å²) >= 11 is 1.85. The maximum Gasteiger partial charge on any atom is 0.0984 e. The fourth-order valence-electron chi connectivity index (χ4n) is 1.32. The topological polar surface area (TPSA) is 24.9 Å². The largest absolute Gasteiger partial charge is 0.309 e. The van der Waals surface area contributed by atoms with Crippen molar-refractivity contribution < 1.29 is 0 Å². The van der Waals surface area contributed by atoms with Crippen molar-refractivity contribution in [1.29, 1.82) is 0 Å². The van der Waals surface area contributed by atoms with Gasteiger partial charge in [0.15, 0.2) is 0 Å². The predicted octanol–water partition coefficient (Wildman–Crippen LogP) is 3.64. The summed E-state index contributed by atoms with van der Waals surface area (Å²) in [6, 6.07) is 0.583. The molecule has 16 heavy (non-hydrogen) atoms. The van der Waals surface area contributed by atoms with Crippen LogP contribution >= 0.6 is 11.3 Å². The summed E-state index contributed by atoms with van der Waals surface area (Å²) in [5, 5.41) is 4.77. The van der Waals surface area contributed by atoms with Crippen LogP contribution in [0.15, 0.2) is 0 Å². The molecule has 2 nitrogen and oxygen atoms in total. The lowest BCUT2D eigenvalue weighted by atomic mass is 9.98. The second-order valence-electron chi connectivity index (χ2n) is 5.47. The van der Waals surface area contributed by atoms with E-state index in [1.807, 2.05) is 11.3 Å². The smallest absolute Gasteiger partial charge is 0.0984 e. The Labute approximate surface area is 103 Å². The zero-order valence-electron chi connectivity index (χ0n) is 11.3. The summed E-state index contributed by atoms with van der Waals surface area (Å²) in [4.78, 5) is 6.04. The van der Waals surface area contributed by atoms with Gasteiger partial charge in [0.2, 0.25) is 0 Å². The molecule has 3 heteroatoms. The van der Waals surface area contributed by atoms with Gasteiger partial charge in [-0.25, -0.2) is 4.98 Å². The van der Waals surface area contributed by atoms with Gasteiger partial charge in [-0.3, -0.25) is 0 Å². The van der Waals surface area contributed by atoms with E-state index in [1.165, 1.54) is 22.0 Å². The highest BCUT2D eigenvalue weighted by molar-refractivity contribution is 7.11. The molecule has 0 bridgehead atoms. The molecule has 1 aromatic heterocycles. The van der Waals surface area contributed by atoms with E-state index in [0.29, 0.717) is 6.04 Å². The van der Waals surface area contributed by atoms with Gasteiger partial charge >= 0.3 is 0 Å². The van der Waals surface area contributed by atoms with Crippen LogP contribution in [-0.4, -0.2) is 11.0 Å². The lowest BCUT2D eigenvalue weighted by Gasteiger charge is -2.13. The Bertz CT molecular complexity index is 336. The van der Waals surface area contributed by atoms with Crippen molar-refractivity contribution in [1.82, 2.24) is 10.3 Å². The lowest BCUT2D eigenvalue weighted by Crippen LogP contribution is -2.24. The van der Waals surface area contributed by atoms with E-state index in [-0.39, 0.29) is 5.41 Å². The van der Waals surface area contributed by atoms with Crippen LogP contribution in [0.25, 0.3) is 0 Å². The molecule has 0 aliphatic rings. The minimum atomic E-state index is 0.171. The molecule has 0 aliphatic heterocycles. The number of aryl methyl sites for hydroxylation is 1. The van der Waals surface area contributed by atoms with Crippen LogP contribution in [0.4, 0.5) is 0 Å². The quantitative estimate of drug-likeness (QED) is 0.869. The second-order valence-corrected chi connectivity index (χ2v) is 6.55. The fourth-order valence-corrected chi connectivity index (χ4v) is 2.40. The Morgan fingerprint density at radius 3 is 2.44 bits per heavy atom. The van der Waals surface area contributed by atoms with Gasteiger partial charge in [-0.2, -0.15) is 0 Å². The highest BCUT2D eigenvalue weighted by atomic mass is 32.1. The highest BCUT2D eigenvalue weighted by Gasteiger charge is 2.19. The van der Waals surface area contributed by atoms with Crippen molar-refractivity contribution in [2.24, 2.45) is 0 Å². The first-order valence-electron chi connectivity index (χ1n) is 6.04. The zero-order valence-corrected chi connectivity index (χ0v) is 12.2. The first kappa shape index (κ1) is 13.7. The predicted molar refractivity (Wildman–Crippen MR) is 72.1 cm³/mol. The van der Waals surface area contributed by atoms with Crippen LogP contribution in [0.1, 0.15) is 56.6 Å². The minimum absolute atomic E-state index is 0.171. The molecule has 0 amide bonds. The molecule has 1 N–H and O–H groups in total. The molecule has 0 saturated heterocycles. The van der Waals surface area contributed by atoms with Crippen LogP contribution in [0.3, 0.4) is 0 Å². The van der Waals surface area contributed by atoms with Gasteiger partial charge in [0.25, 0.3) is 0 Å². The first-order chi connectivity index (χ1) is 7.34. The standard InChI is InChI=1S/C13H24N2S/c1-7-9(2)14-8-11-10(3)15-12(16-11)13(4,5)6/h9,14H,7-8H2,1-6H3. The third-order valence-electron chi connectivity index (χ3n) is 2.76. The van der Waals surface area contributed by atoms with Crippen molar-refractivity contribution in [3.8, 4) is 0 Å². The second kappa shape index (κ2) is 5.28. The Kier molecular flexibility index (Phi) is 4.51. The van der Waals surface area contributed by atoms with Gasteiger partial charge in [-0.05, 0) is 20.3 Å². The highest BCUT2D eigenvalue weighted by Crippen LogP contribution is 2.29. The summed E-state index contributed by atoms with van der Waals surface area (Å²) in [5.74, 6) is 0. The number of hydrogen-bond acceptors (Lipinski definition) is 3. The molecular weight excluding hydrogens is 216 g/mol. The number of thiazole rings is 1. The van der Waals surface area contributed by atoms with Gasteiger partial charge in [-0.1, -0.05) is 27.7 Å². The molecule has 0 aliphatic carbocycles. The van der Waals surface area contributed by atoms with E-state index in [4.69, 9.17) is 0 Å². The van der Waals surface area contributed by atoms with Gasteiger partial charge in [0, 0.05) is 22.9 Å². The van der Waals surface area contributed by atoms with Crippen LogP contribution in [0, 0.1) is 6.92 Å². The molecule has 0 fully saturated rings. The molecule has 0 radical (unpaired) electrons. The van der Waals surface area contributed by atoms with E-state index in [2.05, 4.69) is 51.8 Å². The maximum atomic E-state index is 4.66. The Hall–Kier alpha value is -0.410. The van der Waals surface area contributed by atoms with Gasteiger partial charge in [0.1, 0.15) is 0 Å². The fraction of sp³-hybridized carbons (Fsp3) is 0.769. The molecule has 1 heterocycles. The van der Waals surface area contributed by atoms with Crippen molar-refractivity contribution in [3.63, 3.8) is 0 Å². The zero-order chi connectivity index (χ0) is 12.3. The summed E-state index contributed by atoms with van der Waals surface area (Å²) < 4.78 is 0. The number of nitrogens with one attached hydrogen (secondary N) is 1. The number of rotatable bonds is 4. The molecule has 1 unspecified atom stereocenters. The normalized spacial score (nSPS) is 14.1. The van der Waals surface area contributed by atoms with E-state index in [1.54, 1.807) is 0 Å². The number of nitrogens with zero attached hydrogens (tertiary/aromatic N) is 1. The molecule has 0 aromatic carbocycles. The van der Waals surface area contributed by atoms with Gasteiger partial charge in [0.05, 0.1) is 10.7 Å². The monoisotopic (exact) mass is 240 g/mol. The maximum absolute atomic E-state index is 4.66. The average Bonchev–Trinajstić information content (AvgIpc) is 2.56. The van der Waals surface area contributed by atoms with Crippen molar-refractivity contribution in [2.75, 3.05) is 0 Å². The molecule has 0 spiro atoms. The van der Waals surface area contributed by atoms with Crippen LogP contribution in [0.5, 0.6) is 0 Å². The summed E-state index contributed by atoms with van der Waals surface area (Å²) in [7, 11) is 0. The van der Waals surface area contributed by atoms with E-state index >= 15 is 0 Å². The lowest BCUT2D eigenvalue weighted by molar-refractivity contribution is 0.536.